The molecular formula is C21H16F2N2O4S. The Hall–Kier alpha value is -3.46. The minimum absolute atomic E-state index is 0.153. The Morgan fingerprint density at radius 1 is 0.967 bits per heavy atom. The summed E-state index contributed by atoms with van der Waals surface area (Å²) in [4.78, 5) is 12.5. The molecule has 9 heteroatoms. The summed E-state index contributed by atoms with van der Waals surface area (Å²) in [6, 6.07) is 15.2. The molecule has 1 heterocycles. The molecule has 1 N–H and O–H groups in total. The Balaban J connectivity index is 1.58. The van der Waals surface area contributed by atoms with Crippen LogP contribution in [0.2, 0.25) is 0 Å². The highest BCUT2D eigenvalue weighted by atomic mass is 32.2. The fourth-order valence-electron chi connectivity index (χ4n) is 3.17. The van der Waals surface area contributed by atoms with E-state index in [-0.39, 0.29) is 5.69 Å². The van der Waals surface area contributed by atoms with Crippen molar-refractivity contribution >= 4 is 49.2 Å². The van der Waals surface area contributed by atoms with Gasteiger partial charge in [-0.25, -0.2) is 17.2 Å². The topological polar surface area (TPSA) is 79.6 Å². The van der Waals surface area contributed by atoms with Gasteiger partial charge < -0.3 is 9.73 Å². The molecule has 0 fully saturated rings. The van der Waals surface area contributed by atoms with Crippen molar-refractivity contribution in [3.8, 4) is 0 Å². The molecule has 0 spiro atoms. The number of sulfonamides is 1. The number of para-hydroxylation sites is 1. The number of nitrogens with zero attached hydrogens (tertiary/aromatic N) is 1. The Bertz CT molecular complexity index is 1380. The fourth-order valence-corrected chi connectivity index (χ4v) is 4.02. The quantitative estimate of drug-likeness (QED) is 0.513. The van der Waals surface area contributed by atoms with E-state index in [4.69, 9.17) is 4.42 Å². The first-order valence-corrected chi connectivity index (χ1v) is 10.7. The van der Waals surface area contributed by atoms with E-state index >= 15 is 0 Å². The second-order valence-corrected chi connectivity index (χ2v) is 8.63. The first-order chi connectivity index (χ1) is 14.2. The van der Waals surface area contributed by atoms with Crippen LogP contribution in [0.1, 0.15) is 0 Å². The summed E-state index contributed by atoms with van der Waals surface area (Å²) >= 11 is 0. The minimum Gasteiger partial charge on any atom is -0.456 e. The summed E-state index contributed by atoms with van der Waals surface area (Å²) in [5.41, 5.74) is 1.52. The third-order valence-corrected chi connectivity index (χ3v) is 5.68. The number of carbonyl (C=O) groups is 1. The predicted octanol–water partition coefficient (Wildman–Crippen LogP) is 4.27. The van der Waals surface area contributed by atoms with E-state index in [1.54, 1.807) is 18.2 Å². The lowest BCUT2D eigenvalue weighted by atomic mass is 10.1. The number of amides is 1. The average Bonchev–Trinajstić information content (AvgIpc) is 3.05. The van der Waals surface area contributed by atoms with Gasteiger partial charge in [-0.05, 0) is 30.3 Å². The van der Waals surface area contributed by atoms with Gasteiger partial charge in [-0.3, -0.25) is 9.10 Å². The lowest BCUT2D eigenvalue weighted by Gasteiger charge is -2.22. The Morgan fingerprint density at radius 3 is 2.43 bits per heavy atom. The molecule has 0 atom stereocenters. The van der Waals surface area contributed by atoms with Crippen molar-refractivity contribution in [1.82, 2.24) is 0 Å². The van der Waals surface area contributed by atoms with E-state index < -0.39 is 34.1 Å². The zero-order valence-corrected chi connectivity index (χ0v) is 16.5. The Labute approximate surface area is 170 Å². The van der Waals surface area contributed by atoms with Crippen LogP contribution in [-0.4, -0.2) is 27.1 Å². The first-order valence-electron chi connectivity index (χ1n) is 8.86. The highest BCUT2D eigenvalue weighted by Crippen LogP contribution is 2.30. The summed E-state index contributed by atoms with van der Waals surface area (Å²) < 4.78 is 57.4. The zero-order chi connectivity index (χ0) is 21.5. The first kappa shape index (κ1) is 19.8. The van der Waals surface area contributed by atoms with Crippen LogP contribution < -0.4 is 9.62 Å². The second kappa shape index (κ2) is 7.42. The lowest BCUT2D eigenvalue weighted by molar-refractivity contribution is -0.114. The van der Waals surface area contributed by atoms with E-state index in [0.29, 0.717) is 21.2 Å². The van der Waals surface area contributed by atoms with Crippen LogP contribution in [0.5, 0.6) is 0 Å². The van der Waals surface area contributed by atoms with Gasteiger partial charge in [0.1, 0.15) is 17.7 Å². The number of nitrogens with one attached hydrogen (secondary N) is 1. The molecule has 4 rings (SSSR count). The SMILES string of the molecule is CS(=O)(=O)N(CC(=O)Nc1ccc2c(c1)oc1ccccc12)c1ccc(F)c(F)c1. The van der Waals surface area contributed by atoms with E-state index in [2.05, 4.69) is 5.32 Å². The molecule has 0 saturated heterocycles. The smallest absolute Gasteiger partial charge is 0.245 e. The van der Waals surface area contributed by atoms with Crippen LogP contribution in [0.3, 0.4) is 0 Å². The lowest BCUT2D eigenvalue weighted by Crippen LogP contribution is -2.37. The number of carbonyl (C=O) groups excluding carboxylic acids is 1. The fraction of sp³-hybridized carbons (Fsp3) is 0.0952. The normalized spacial score (nSPS) is 11.7. The minimum atomic E-state index is -3.92. The third-order valence-electron chi connectivity index (χ3n) is 4.54. The number of fused-ring (bicyclic) bond motifs is 3. The maximum Gasteiger partial charge on any atom is 0.245 e. The van der Waals surface area contributed by atoms with Crippen molar-refractivity contribution < 1.29 is 26.4 Å². The molecule has 1 aromatic heterocycles. The predicted molar refractivity (Wildman–Crippen MR) is 111 cm³/mol. The average molecular weight is 430 g/mol. The van der Waals surface area contributed by atoms with Gasteiger partial charge in [-0.1, -0.05) is 18.2 Å². The molecule has 0 saturated carbocycles. The Kier molecular flexibility index (Phi) is 4.90. The molecule has 4 aromatic rings. The van der Waals surface area contributed by atoms with Gasteiger partial charge >= 0.3 is 0 Å². The zero-order valence-electron chi connectivity index (χ0n) is 15.7. The molecular weight excluding hydrogens is 414 g/mol. The van der Waals surface area contributed by atoms with E-state index in [1.165, 1.54) is 0 Å². The van der Waals surface area contributed by atoms with E-state index in [1.807, 2.05) is 24.3 Å². The molecule has 0 unspecified atom stereocenters. The van der Waals surface area contributed by atoms with Crippen molar-refractivity contribution in [1.29, 1.82) is 0 Å². The van der Waals surface area contributed by atoms with Crippen molar-refractivity contribution in [3.05, 3.63) is 72.3 Å². The molecule has 30 heavy (non-hydrogen) atoms. The standard InChI is InChI=1S/C21H16F2N2O4S/c1-30(27,28)25(14-7-9-17(22)18(23)11-14)12-21(26)24-13-6-8-16-15-4-2-3-5-19(15)29-20(16)10-13/h2-11H,12H2,1H3,(H,24,26). The molecule has 0 aliphatic carbocycles. The van der Waals surface area contributed by atoms with Crippen LogP contribution in [-0.2, 0) is 14.8 Å². The van der Waals surface area contributed by atoms with E-state index in [9.17, 15) is 22.0 Å². The number of anilines is 2. The molecule has 0 radical (unpaired) electrons. The molecule has 6 nitrogen and oxygen atoms in total. The second-order valence-electron chi connectivity index (χ2n) is 6.73. The summed E-state index contributed by atoms with van der Waals surface area (Å²) in [7, 11) is -3.92. The monoisotopic (exact) mass is 430 g/mol. The summed E-state index contributed by atoms with van der Waals surface area (Å²) in [5, 5.41) is 4.42. The van der Waals surface area contributed by atoms with Crippen LogP contribution in [0, 0.1) is 11.6 Å². The van der Waals surface area contributed by atoms with Crippen LogP contribution in [0.15, 0.2) is 65.1 Å². The van der Waals surface area contributed by atoms with Crippen molar-refractivity contribution in [2.45, 2.75) is 0 Å². The summed E-state index contributed by atoms with van der Waals surface area (Å²) in [6.45, 7) is -0.609. The third kappa shape index (κ3) is 3.84. The number of hydrogen-bond acceptors (Lipinski definition) is 4. The number of furan rings is 1. The highest BCUT2D eigenvalue weighted by molar-refractivity contribution is 7.92. The molecule has 0 aliphatic heterocycles. The number of benzene rings is 3. The van der Waals surface area contributed by atoms with Gasteiger partial charge in [0.05, 0.1) is 11.9 Å². The Morgan fingerprint density at radius 2 is 1.70 bits per heavy atom. The molecule has 0 bridgehead atoms. The van der Waals surface area contributed by atoms with Gasteiger partial charge in [-0.2, -0.15) is 0 Å². The van der Waals surface area contributed by atoms with Gasteiger partial charge in [0.15, 0.2) is 11.6 Å². The van der Waals surface area contributed by atoms with Crippen LogP contribution in [0.4, 0.5) is 20.2 Å². The van der Waals surface area contributed by atoms with E-state index in [0.717, 1.165) is 35.2 Å². The van der Waals surface area contributed by atoms with Gasteiger partial charge in [0.2, 0.25) is 15.9 Å². The van der Waals surface area contributed by atoms with Gasteiger partial charge in [0.25, 0.3) is 0 Å². The maximum absolute atomic E-state index is 13.5. The number of halogens is 2. The van der Waals surface area contributed by atoms with Crippen molar-refractivity contribution in [3.63, 3.8) is 0 Å². The maximum atomic E-state index is 13.5. The molecule has 3 aromatic carbocycles. The van der Waals surface area contributed by atoms with Gasteiger partial charge in [-0.15, -0.1) is 0 Å². The van der Waals surface area contributed by atoms with Crippen molar-refractivity contribution in [2.24, 2.45) is 0 Å². The largest absolute Gasteiger partial charge is 0.456 e. The number of hydrogen-bond donors (Lipinski definition) is 1. The highest BCUT2D eigenvalue weighted by Gasteiger charge is 2.22. The van der Waals surface area contributed by atoms with Gasteiger partial charge in [0, 0.05) is 28.6 Å². The molecule has 154 valence electrons. The van der Waals surface area contributed by atoms with Crippen LogP contribution in [0.25, 0.3) is 21.9 Å². The van der Waals surface area contributed by atoms with Crippen molar-refractivity contribution in [2.75, 3.05) is 22.4 Å². The van der Waals surface area contributed by atoms with Crippen LogP contribution >= 0.6 is 0 Å². The molecule has 1 amide bonds. The summed E-state index contributed by atoms with van der Waals surface area (Å²) in [5.74, 6) is -2.98. The molecule has 0 aliphatic rings. The summed E-state index contributed by atoms with van der Waals surface area (Å²) in [6.07, 6.45) is 0.877. The number of rotatable bonds is 5.